The van der Waals surface area contributed by atoms with Crippen molar-refractivity contribution in [2.45, 2.75) is 59.4 Å². The van der Waals surface area contributed by atoms with Crippen LogP contribution in [0.1, 0.15) is 57.7 Å². The van der Waals surface area contributed by atoms with Crippen molar-refractivity contribution in [3.63, 3.8) is 0 Å². The van der Waals surface area contributed by atoms with E-state index in [2.05, 4.69) is 51.2 Å². The third kappa shape index (κ3) is 4.26. The summed E-state index contributed by atoms with van der Waals surface area (Å²) in [7, 11) is 3.31. The summed E-state index contributed by atoms with van der Waals surface area (Å²) in [5.41, 5.74) is 3.78. The largest absolute Gasteiger partial charge is 0.496 e. The number of aryl methyl sites for hydroxylation is 1. The highest BCUT2D eigenvalue weighted by atomic mass is 16.5. The summed E-state index contributed by atoms with van der Waals surface area (Å²) < 4.78 is 11.1. The number of nitrogens with zero attached hydrogens (tertiary/aromatic N) is 2. The number of benzene rings is 1. The number of anilines is 1. The number of nitrogens with one attached hydrogen (secondary N) is 1. The van der Waals surface area contributed by atoms with Crippen molar-refractivity contribution in [2.75, 3.05) is 19.5 Å². The van der Waals surface area contributed by atoms with E-state index in [9.17, 15) is 0 Å². The normalized spacial score (nSPS) is 11.1. The molecule has 142 valence electrons. The third-order valence-corrected chi connectivity index (χ3v) is 4.71. The zero-order valence-electron chi connectivity index (χ0n) is 17.0. The van der Waals surface area contributed by atoms with Crippen molar-refractivity contribution in [1.29, 1.82) is 0 Å². The van der Waals surface area contributed by atoms with E-state index in [1.165, 1.54) is 5.56 Å². The molecule has 1 N–H and O–H groups in total. The summed E-state index contributed by atoms with van der Waals surface area (Å²) >= 11 is 0. The summed E-state index contributed by atoms with van der Waals surface area (Å²) in [6.07, 6.45) is 2.04. The van der Waals surface area contributed by atoms with Gasteiger partial charge in [0, 0.05) is 11.6 Å². The molecule has 0 spiro atoms. The van der Waals surface area contributed by atoms with Crippen LogP contribution in [0, 0.1) is 6.92 Å². The standard InChI is InChI=1S/C21H31N3O2/c1-8-16(9-2)23-20-21(26-7)24-19(14(5)22-20)17-11-10-15(13(3)4)12-18(17)25-6/h10-13,16H,8-9H2,1-7H3,(H,22,23). The van der Waals surface area contributed by atoms with Crippen LogP contribution in [-0.4, -0.2) is 30.2 Å². The first-order valence-electron chi connectivity index (χ1n) is 9.32. The Bertz CT molecular complexity index is 740. The maximum Gasteiger partial charge on any atom is 0.257 e. The van der Waals surface area contributed by atoms with Gasteiger partial charge in [0.05, 0.1) is 25.6 Å². The van der Waals surface area contributed by atoms with Crippen molar-refractivity contribution in [3.8, 4) is 22.9 Å². The van der Waals surface area contributed by atoms with Crippen LogP contribution in [0.5, 0.6) is 11.6 Å². The molecular formula is C21H31N3O2. The Kier molecular flexibility index (Phi) is 6.83. The Balaban J connectivity index is 2.51. The predicted molar refractivity (Wildman–Crippen MR) is 107 cm³/mol. The summed E-state index contributed by atoms with van der Waals surface area (Å²) in [6.45, 7) is 10.6. The third-order valence-electron chi connectivity index (χ3n) is 4.71. The van der Waals surface area contributed by atoms with Crippen LogP contribution in [0.15, 0.2) is 18.2 Å². The second kappa shape index (κ2) is 8.88. The van der Waals surface area contributed by atoms with Crippen molar-refractivity contribution in [2.24, 2.45) is 0 Å². The van der Waals surface area contributed by atoms with Crippen LogP contribution >= 0.6 is 0 Å². The second-order valence-electron chi connectivity index (χ2n) is 6.79. The van der Waals surface area contributed by atoms with Gasteiger partial charge in [0.15, 0.2) is 5.82 Å². The first-order valence-corrected chi connectivity index (χ1v) is 9.32. The Morgan fingerprint density at radius 1 is 1.04 bits per heavy atom. The van der Waals surface area contributed by atoms with E-state index < -0.39 is 0 Å². The fraction of sp³-hybridized carbons (Fsp3) is 0.524. The number of hydrogen-bond donors (Lipinski definition) is 1. The zero-order valence-corrected chi connectivity index (χ0v) is 17.0. The van der Waals surface area contributed by atoms with Crippen LogP contribution < -0.4 is 14.8 Å². The maximum absolute atomic E-state index is 5.62. The maximum atomic E-state index is 5.62. The highest BCUT2D eigenvalue weighted by Crippen LogP contribution is 2.35. The van der Waals surface area contributed by atoms with Gasteiger partial charge in [0.2, 0.25) is 0 Å². The topological polar surface area (TPSA) is 56.3 Å². The van der Waals surface area contributed by atoms with E-state index in [1.807, 2.05) is 6.92 Å². The lowest BCUT2D eigenvalue weighted by Crippen LogP contribution is -2.19. The van der Waals surface area contributed by atoms with Gasteiger partial charge in [-0.25, -0.2) is 9.97 Å². The Morgan fingerprint density at radius 2 is 1.73 bits per heavy atom. The van der Waals surface area contributed by atoms with Crippen molar-refractivity contribution in [3.05, 3.63) is 29.5 Å². The zero-order chi connectivity index (χ0) is 19.3. The van der Waals surface area contributed by atoms with Gasteiger partial charge >= 0.3 is 0 Å². The van der Waals surface area contributed by atoms with Gasteiger partial charge in [-0.1, -0.05) is 33.8 Å². The SMILES string of the molecule is CCC(CC)Nc1nc(C)c(-c2ccc(C(C)C)cc2OC)nc1OC. The molecule has 0 aliphatic heterocycles. The van der Waals surface area contributed by atoms with E-state index in [4.69, 9.17) is 19.4 Å². The quantitative estimate of drug-likeness (QED) is 0.704. The molecule has 0 amide bonds. The molecule has 0 bridgehead atoms. The molecule has 0 fully saturated rings. The summed E-state index contributed by atoms with van der Waals surface area (Å²) in [6, 6.07) is 6.60. The fourth-order valence-electron chi connectivity index (χ4n) is 2.94. The summed E-state index contributed by atoms with van der Waals surface area (Å²) in [5.74, 6) is 2.44. The molecule has 1 heterocycles. The number of methoxy groups -OCH3 is 2. The van der Waals surface area contributed by atoms with Gasteiger partial charge in [0.1, 0.15) is 5.75 Å². The minimum Gasteiger partial charge on any atom is -0.496 e. The van der Waals surface area contributed by atoms with Gasteiger partial charge in [-0.3, -0.25) is 0 Å². The van der Waals surface area contributed by atoms with Crippen molar-refractivity contribution < 1.29 is 9.47 Å². The van der Waals surface area contributed by atoms with Gasteiger partial charge in [0.25, 0.3) is 5.88 Å². The van der Waals surface area contributed by atoms with E-state index in [0.717, 1.165) is 35.5 Å². The molecule has 2 rings (SSSR count). The highest BCUT2D eigenvalue weighted by molar-refractivity contribution is 5.71. The molecule has 1 aromatic carbocycles. The molecule has 5 heteroatoms. The van der Waals surface area contributed by atoms with Crippen molar-refractivity contribution in [1.82, 2.24) is 9.97 Å². The molecule has 0 aliphatic carbocycles. The lowest BCUT2D eigenvalue weighted by atomic mass is 9.99. The molecule has 0 saturated carbocycles. The average molecular weight is 357 g/mol. The van der Waals surface area contributed by atoms with Crippen LogP contribution in [0.25, 0.3) is 11.3 Å². The number of ether oxygens (including phenoxy) is 2. The summed E-state index contributed by atoms with van der Waals surface area (Å²) in [4.78, 5) is 9.47. The fourth-order valence-corrected chi connectivity index (χ4v) is 2.94. The van der Waals surface area contributed by atoms with Crippen LogP contribution in [0.3, 0.4) is 0 Å². The van der Waals surface area contributed by atoms with E-state index >= 15 is 0 Å². The van der Waals surface area contributed by atoms with Gasteiger partial charge < -0.3 is 14.8 Å². The molecule has 0 unspecified atom stereocenters. The number of aromatic nitrogens is 2. The van der Waals surface area contributed by atoms with Crippen LogP contribution in [0.4, 0.5) is 5.82 Å². The Morgan fingerprint density at radius 3 is 2.27 bits per heavy atom. The highest BCUT2D eigenvalue weighted by Gasteiger charge is 2.18. The minimum absolute atomic E-state index is 0.350. The molecule has 0 saturated heterocycles. The Hall–Kier alpha value is -2.30. The van der Waals surface area contributed by atoms with Gasteiger partial charge in [-0.15, -0.1) is 0 Å². The smallest absolute Gasteiger partial charge is 0.257 e. The molecule has 0 atom stereocenters. The van der Waals surface area contributed by atoms with E-state index in [1.54, 1.807) is 14.2 Å². The first kappa shape index (κ1) is 20.0. The van der Waals surface area contributed by atoms with Gasteiger partial charge in [-0.2, -0.15) is 0 Å². The first-order chi connectivity index (χ1) is 12.4. The Labute approximate surface area is 157 Å². The number of rotatable bonds is 8. The molecular weight excluding hydrogens is 326 g/mol. The molecule has 26 heavy (non-hydrogen) atoms. The van der Waals surface area contributed by atoms with Crippen LogP contribution in [-0.2, 0) is 0 Å². The van der Waals surface area contributed by atoms with Crippen molar-refractivity contribution >= 4 is 5.82 Å². The molecule has 0 aliphatic rings. The van der Waals surface area contributed by atoms with Gasteiger partial charge in [-0.05, 0) is 43.4 Å². The minimum atomic E-state index is 0.350. The molecule has 5 nitrogen and oxygen atoms in total. The molecule has 1 aromatic heterocycles. The van der Waals surface area contributed by atoms with Crippen LogP contribution in [0.2, 0.25) is 0 Å². The molecule has 0 radical (unpaired) electrons. The second-order valence-corrected chi connectivity index (χ2v) is 6.79. The lowest BCUT2D eigenvalue weighted by molar-refractivity contribution is 0.396. The summed E-state index contributed by atoms with van der Waals surface area (Å²) in [5, 5.41) is 3.44. The van der Waals surface area contributed by atoms with E-state index in [0.29, 0.717) is 23.7 Å². The number of hydrogen-bond acceptors (Lipinski definition) is 5. The average Bonchev–Trinajstić information content (AvgIpc) is 2.65. The molecule has 2 aromatic rings. The monoisotopic (exact) mass is 357 g/mol. The predicted octanol–water partition coefficient (Wildman–Crippen LogP) is 5.19. The lowest BCUT2D eigenvalue weighted by Gasteiger charge is -2.19. The van der Waals surface area contributed by atoms with E-state index in [-0.39, 0.29) is 0 Å².